The molecule has 0 fully saturated rings. The van der Waals surface area contributed by atoms with Crippen molar-refractivity contribution in [2.75, 3.05) is 0 Å². The quantitative estimate of drug-likeness (QED) is 0.209. The van der Waals surface area contributed by atoms with E-state index in [4.69, 9.17) is 0 Å². The van der Waals surface area contributed by atoms with E-state index in [2.05, 4.69) is 134 Å². The van der Waals surface area contributed by atoms with Gasteiger partial charge in [0.05, 0.1) is 11.0 Å². The fraction of sp³-hybridized carbons (Fsp3) is 0.241. The van der Waals surface area contributed by atoms with Crippen molar-refractivity contribution >= 4 is 38.0 Å². The summed E-state index contributed by atoms with van der Waals surface area (Å²) < 4.78 is 2.36. The van der Waals surface area contributed by atoms with Gasteiger partial charge in [0.25, 0.3) is 0 Å². The van der Waals surface area contributed by atoms with Crippen molar-refractivity contribution in [3.8, 4) is 28.6 Å². The molecular weight excluding hydrogens is 418 g/mol. The Morgan fingerprint density at radius 3 is 1.44 bits per heavy atom. The lowest BCUT2D eigenvalue weighted by Crippen LogP contribution is -2.16. The Labute approximate surface area is 194 Å². The van der Waals surface area contributed by atoms with E-state index in [0.29, 0.717) is 0 Å². The maximum absolute atomic E-state index is 3.51. The van der Waals surface area contributed by atoms with Gasteiger partial charge in [-0.1, -0.05) is 68.8 Å². The number of hydrogen-bond donors (Lipinski definition) is 0. The van der Waals surface area contributed by atoms with E-state index in [1.807, 2.05) is 0 Å². The normalized spacial score (nSPS) is 11.7. The van der Waals surface area contributed by atoms with Gasteiger partial charge >= 0.3 is 0 Å². The van der Waals surface area contributed by atoms with Crippen molar-refractivity contribution in [1.82, 2.24) is 4.57 Å². The number of hydrogen-bond acceptors (Lipinski definition) is 0. The van der Waals surface area contributed by atoms with Gasteiger partial charge in [0.1, 0.15) is 16.1 Å². The lowest BCUT2D eigenvalue weighted by Gasteiger charge is -2.08. The highest BCUT2D eigenvalue weighted by Gasteiger charge is 2.14. The molecule has 0 atom stereocenters. The van der Waals surface area contributed by atoms with Crippen molar-refractivity contribution in [2.24, 2.45) is 0 Å². The summed E-state index contributed by atoms with van der Waals surface area (Å²) in [6.45, 7) is 15.8. The van der Waals surface area contributed by atoms with Crippen LogP contribution in [0.4, 0.5) is 0 Å². The molecule has 0 aliphatic rings. The summed E-state index contributed by atoms with van der Waals surface area (Å²) in [5.74, 6) is 6.88. The zero-order valence-corrected chi connectivity index (χ0v) is 22.2. The predicted molar refractivity (Wildman–Crippen MR) is 146 cm³/mol. The van der Waals surface area contributed by atoms with Crippen molar-refractivity contribution < 1.29 is 0 Å². The van der Waals surface area contributed by atoms with E-state index in [0.717, 1.165) is 11.1 Å². The zero-order chi connectivity index (χ0) is 23.1. The molecular formula is C29H31NSi2. The van der Waals surface area contributed by atoms with E-state index in [9.17, 15) is 0 Å². The van der Waals surface area contributed by atoms with Crippen molar-refractivity contribution in [3.63, 3.8) is 0 Å². The Balaban J connectivity index is 2.00. The molecule has 3 aromatic carbocycles. The summed E-state index contributed by atoms with van der Waals surface area (Å²) in [4.78, 5) is 0. The fourth-order valence-electron chi connectivity index (χ4n) is 3.67. The number of benzene rings is 3. The molecule has 0 aliphatic heterocycles. The molecule has 1 nitrogen and oxygen atoms in total. The molecule has 3 heteroatoms. The number of fused-ring (bicyclic) bond motifs is 3. The van der Waals surface area contributed by atoms with Crippen LogP contribution in [0.2, 0.25) is 39.3 Å². The maximum Gasteiger partial charge on any atom is 0.129 e. The predicted octanol–water partition coefficient (Wildman–Crippen LogP) is 7.55. The summed E-state index contributed by atoms with van der Waals surface area (Å²) >= 11 is 0. The Morgan fingerprint density at radius 1 is 0.594 bits per heavy atom. The average Bonchev–Trinajstić information content (AvgIpc) is 3.03. The second-order valence-corrected chi connectivity index (χ2v) is 20.1. The van der Waals surface area contributed by atoms with Gasteiger partial charge in [0.2, 0.25) is 0 Å². The lowest BCUT2D eigenvalue weighted by molar-refractivity contribution is 1.17. The Hall–Kier alpha value is -2.99. The summed E-state index contributed by atoms with van der Waals surface area (Å²) in [6, 6.07) is 22.0. The van der Waals surface area contributed by atoms with Gasteiger partial charge in [0.15, 0.2) is 0 Å². The van der Waals surface area contributed by atoms with Crippen molar-refractivity contribution in [2.45, 2.75) is 46.2 Å². The first-order chi connectivity index (χ1) is 15.0. The molecule has 32 heavy (non-hydrogen) atoms. The van der Waals surface area contributed by atoms with Crippen LogP contribution in [0.25, 0.3) is 27.5 Å². The van der Waals surface area contributed by atoms with Gasteiger partial charge in [0, 0.05) is 27.6 Å². The highest BCUT2D eigenvalue weighted by atomic mass is 28.3. The van der Waals surface area contributed by atoms with Gasteiger partial charge in [-0.25, -0.2) is 0 Å². The minimum absolute atomic E-state index is 1.08. The molecule has 0 radical (unpaired) electrons. The molecule has 0 spiro atoms. The van der Waals surface area contributed by atoms with Crippen LogP contribution in [0.5, 0.6) is 0 Å². The van der Waals surface area contributed by atoms with Crippen LogP contribution in [0, 0.1) is 29.9 Å². The minimum atomic E-state index is -1.43. The van der Waals surface area contributed by atoms with Crippen LogP contribution in [0.3, 0.4) is 0 Å². The first-order valence-corrected chi connectivity index (χ1v) is 18.2. The third kappa shape index (κ3) is 4.91. The second kappa shape index (κ2) is 8.17. The molecule has 0 aliphatic carbocycles. The molecule has 0 bridgehead atoms. The summed E-state index contributed by atoms with van der Waals surface area (Å²) in [7, 11) is -2.86. The number of aryl methyl sites for hydroxylation is 1. The molecule has 1 heterocycles. The summed E-state index contributed by atoms with van der Waals surface area (Å²) in [5, 5.41) is 2.47. The van der Waals surface area contributed by atoms with Crippen LogP contribution < -0.4 is 0 Å². The third-order valence-electron chi connectivity index (χ3n) is 5.22. The smallest absolute Gasteiger partial charge is 0.129 e. The largest absolute Gasteiger partial charge is 0.309 e. The van der Waals surface area contributed by atoms with E-state index in [1.54, 1.807) is 0 Å². The number of aromatic nitrogens is 1. The topological polar surface area (TPSA) is 4.93 Å². The van der Waals surface area contributed by atoms with E-state index in [1.165, 1.54) is 33.1 Å². The molecule has 4 rings (SSSR count). The molecule has 4 aromatic rings. The van der Waals surface area contributed by atoms with Crippen LogP contribution in [0.1, 0.15) is 16.7 Å². The Bertz CT molecular complexity index is 1350. The molecule has 0 saturated heterocycles. The molecule has 0 unspecified atom stereocenters. The minimum Gasteiger partial charge on any atom is -0.309 e. The maximum atomic E-state index is 3.51. The zero-order valence-electron chi connectivity index (χ0n) is 20.2. The van der Waals surface area contributed by atoms with Gasteiger partial charge in [-0.05, 0) is 55.5 Å². The average molecular weight is 450 g/mol. The van der Waals surface area contributed by atoms with Crippen LogP contribution in [-0.4, -0.2) is 20.7 Å². The van der Waals surface area contributed by atoms with E-state index >= 15 is 0 Å². The molecule has 0 N–H and O–H groups in total. The fourth-order valence-corrected chi connectivity index (χ4v) is 4.71. The van der Waals surface area contributed by atoms with E-state index < -0.39 is 16.1 Å². The number of rotatable bonds is 1. The SMILES string of the molecule is Cc1ccc(-n2c3ccc(C#C[Si](C)(C)C)cc3c3cc(C#C[Si](C)(C)C)ccc32)cc1. The first-order valence-electron chi connectivity index (χ1n) is 11.2. The van der Waals surface area contributed by atoms with Crippen molar-refractivity contribution in [1.29, 1.82) is 0 Å². The van der Waals surface area contributed by atoms with Crippen LogP contribution in [-0.2, 0) is 0 Å². The Kier molecular flexibility index (Phi) is 5.67. The van der Waals surface area contributed by atoms with Gasteiger partial charge in [-0.15, -0.1) is 11.1 Å². The van der Waals surface area contributed by atoms with Crippen LogP contribution >= 0.6 is 0 Å². The van der Waals surface area contributed by atoms with E-state index in [-0.39, 0.29) is 0 Å². The van der Waals surface area contributed by atoms with Crippen LogP contribution in [0.15, 0.2) is 60.7 Å². The first kappa shape index (κ1) is 22.2. The molecule has 160 valence electrons. The summed E-state index contributed by atoms with van der Waals surface area (Å²) in [6.07, 6.45) is 0. The number of nitrogens with zero attached hydrogens (tertiary/aromatic N) is 1. The standard InChI is InChI=1S/C29H31NSi2/c1-22-8-12-25(13-9-22)30-28-14-10-23(16-18-31(2,3)4)20-26(28)27-21-24(11-15-29(27)30)17-19-32(5,6)7/h8-15,20-21H,1-7H3. The summed E-state index contributed by atoms with van der Waals surface area (Å²) in [5.41, 5.74) is 14.0. The highest BCUT2D eigenvalue weighted by Crippen LogP contribution is 2.33. The third-order valence-corrected chi connectivity index (χ3v) is 6.97. The Morgan fingerprint density at radius 2 is 1.03 bits per heavy atom. The molecule has 1 aromatic heterocycles. The van der Waals surface area contributed by atoms with Crippen molar-refractivity contribution in [3.05, 3.63) is 77.4 Å². The highest BCUT2D eigenvalue weighted by molar-refractivity contribution is 6.84. The van der Waals surface area contributed by atoms with Gasteiger partial charge < -0.3 is 4.57 Å². The van der Waals surface area contributed by atoms with Gasteiger partial charge in [-0.3, -0.25) is 0 Å². The van der Waals surface area contributed by atoms with Gasteiger partial charge in [-0.2, -0.15) is 0 Å². The second-order valence-electron chi connectivity index (χ2n) is 10.6. The molecule has 0 amide bonds. The monoisotopic (exact) mass is 449 g/mol. The molecule has 0 saturated carbocycles. The lowest BCUT2D eigenvalue weighted by atomic mass is 10.1.